The highest BCUT2D eigenvalue weighted by atomic mass is 32.1. The number of para-hydroxylation sites is 1. The second-order valence-corrected chi connectivity index (χ2v) is 17.2. The molecule has 8 aromatic carbocycles. The molecule has 1 fully saturated rings. The monoisotopic (exact) mass is 741 g/mol. The summed E-state index contributed by atoms with van der Waals surface area (Å²) in [5.41, 5.74) is 10.2. The van der Waals surface area contributed by atoms with E-state index in [4.69, 9.17) is 0 Å². The molecule has 0 aliphatic heterocycles. The molecule has 10 aromatic rings. The van der Waals surface area contributed by atoms with Gasteiger partial charge in [0.15, 0.2) is 0 Å². The van der Waals surface area contributed by atoms with Gasteiger partial charge in [0.2, 0.25) is 0 Å². The SMILES string of the molecule is c1ccc(N(c2ccc(-c3cccc4sc5ccccc5c34)cc2)c2cccc3c2sc2ccccc23)c(-c2cccc3cccc(C4CCCCC4)c23)c1. The van der Waals surface area contributed by atoms with E-state index in [0.717, 1.165) is 5.69 Å². The summed E-state index contributed by atoms with van der Waals surface area (Å²) in [6.07, 6.45) is 6.54. The number of rotatable bonds is 6. The molecule has 11 rings (SSSR count). The summed E-state index contributed by atoms with van der Waals surface area (Å²) in [6.45, 7) is 0. The summed E-state index contributed by atoms with van der Waals surface area (Å²) in [4.78, 5) is 2.53. The number of nitrogens with zero attached hydrogens (tertiary/aromatic N) is 1. The minimum Gasteiger partial charge on any atom is -0.308 e. The lowest BCUT2D eigenvalue weighted by molar-refractivity contribution is 0.445. The molecular weight excluding hydrogens is 703 g/mol. The van der Waals surface area contributed by atoms with Crippen LogP contribution in [0.15, 0.2) is 170 Å². The molecule has 1 aliphatic carbocycles. The maximum Gasteiger partial charge on any atom is 0.0640 e. The van der Waals surface area contributed by atoms with Gasteiger partial charge in [-0.05, 0) is 94.3 Å². The maximum absolute atomic E-state index is 2.53. The smallest absolute Gasteiger partial charge is 0.0640 e. The van der Waals surface area contributed by atoms with Crippen molar-refractivity contribution >= 4 is 90.9 Å². The van der Waals surface area contributed by atoms with E-state index < -0.39 is 0 Å². The summed E-state index contributed by atoms with van der Waals surface area (Å²) in [5.74, 6) is 0.603. The van der Waals surface area contributed by atoms with Crippen molar-refractivity contribution in [1.82, 2.24) is 0 Å². The molecule has 0 unspecified atom stereocenters. The van der Waals surface area contributed by atoms with Crippen LogP contribution in [0.25, 0.3) is 73.4 Å². The van der Waals surface area contributed by atoms with Crippen LogP contribution in [0.2, 0.25) is 0 Å². The van der Waals surface area contributed by atoms with Crippen LogP contribution in [0.1, 0.15) is 43.6 Å². The molecule has 1 aliphatic rings. The second-order valence-electron chi connectivity index (χ2n) is 15.0. The average molecular weight is 742 g/mol. The van der Waals surface area contributed by atoms with Crippen LogP contribution in [0.3, 0.4) is 0 Å². The van der Waals surface area contributed by atoms with E-state index in [1.165, 1.54) is 122 Å². The van der Waals surface area contributed by atoms with Crippen LogP contribution in [-0.4, -0.2) is 0 Å². The van der Waals surface area contributed by atoms with E-state index in [1.54, 1.807) is 0 Å². The van der Waals surface area contributed by atoms with Gasteiger partial charge in [0.1, 0.15) is 0 Å². The summed E-state index contributed by atoms with van der Waals surface area (Å²) in [6, 6.07) is 63.6. The van der Waals surface area contributed by atoms with Gasteiger partial charge in [-0.1, -0.05) is 147 Å². The minimum atomic E-state index is 0.603. The molecule has 0 N–H and O–H groups in total. The van der Waals surface area contributed by atoms with Gasteiger partial charge in [-0.25, -0.2) is 0 Å². The highest BCUT2D eigenvalue weighted by molar-refractivity contribution is 7.26. The van der Waals surface area contributed by atoms with Gasteiger partial charge in [-0.15, -0.1) is 22.7 Å². The molecule has 264 valence electrons. The van der Waals surface area contributed by atoms with Crippen LogP contribution in [-0.2, 0) is 0 Å². The summed E-state index contributed by atoms with van der Waals surface area (Å²) in [7, 11) is 0. The van der Waals surface area contributed by atoms with Crippen LogP contribution in [0.4, 0.5) is 17.1 Å². The normalized spacial score (nSPS) is 13.7. The lowest BCUT2D eigenvalue weighted by Crippen LogP contribution is -2.11. The van der Waals surface area contributed by atoms with E-state index in [0.29, 0.717) is 5.92 Å². The van der Waals surface area contributed by atoms with Crippen molar-refractivity contribution < 1.29 is 0 Å². The standard InChI is InChI=1S/C52H39NS2/c1-2-14-34(15-3-1)38-21-10-16-36-17-11-23-42(50(36)38)40-18-4-7-25-45(40)53(46-26-12-24-43-41-19-5-8-27-47(41)55-52(43)46)37-32-30-35(31-33-37)39-22-13-29-49-51(39)44-20-6-9-28-48(44)54-49/h4-13,16-34H,1-3,14-15H2. The highest BCUT2D eigenvalue weighted by Gasteiger charge is 2.24. The Bertz CT molecular complexity index is 3030. The first kappa shape index (κ1) is 32.7. The molecular formula is C52H39NS2. The topological polar surface area (TPSA) is 3.24 Å². The Balaban J connectivity index is 1.13. The maximum atomic E-state index is 2.53. The molecule has 0 amide bonds. The Morgan fingerprint density at radius 1 is 0.418 bits per heavy atom. The summed E-state index contributed by atoms with van der Waals surface area (Å²) in [5, 5.41) is 8.03. The van der Waals surface area contributed by atoms with E-state index in [2.05, 4.69) is 175 Å². The molecule has 0 saturated heterocycles. The molecule has 55 heavy (non-hydrogen) atoms. The van der Waals surface area contributed by atoms with Gasteiger partial charge in [0.25, 0.3) is 0 Å². The van der Waals surface area contributed by atoms with Gasteiger partial charge in [-0.2, -0.15) is 0 Å². The van der Waals surface area contributed by atoms with Crippen molar-refractivity contribution in [2.45, 2.75) is 38.0 Å². The number of anilines is 3. The Morgan fingerprint density at radius 2 is 1.04 bits per heavy atom. The first-order valence-electron chi connectivity index (χ1n) is 19.6. The zero-order chi connectivity index (χ0) is 36.3. The van der Waals surface area contributed by atoms with Crippen molar-refractivity contribution in [3.8, 4) is 22.3 Å². The second kappa shape index (κ2) is 13.5. The van der Waals surface area contributed by atoms with Gasteiger partial charge < -0.3 is 4.90 Å². The van der Waals surface area contributed by atoms with Crippen LogP contribution >= 0.6 is 22.7 Å². The third-order valence-corrected chi connectivity index (χ3v) is 14.2. The van der Waals surface area contributed by atoms with Gasteiger partial charge in [-0.3, -0.25) is 0 Å². The van der Waals surface area contributed by atoms with E-state index in [-0.39, 0.29) is 0 Å². The van der Waals surface area contributed by atoms with E-state index in [1.807, 2.05) is 22.7 Å². The Kier molecular flexibility index (Phi) is 8.04. The van der Waals surface area contributed by atoms with Crippen molar-refractivity contribution in [1.29, 1.82) is 0 Å². The third-order valence-electron chi connectivity index (χ3n) is 11.9. The fourth-order valence-electron chi connectivity index (χ4n) is 9.37. The largest absolute Gasteiger partial charge is 0.308 e. The zero-order valence-corrected chi connectivity index (χ0v) is 32.2. The summed E-state index contributed by atoms with van der Waals surface area (Å²) >= 11 is 3.77. The summed E-state index contributed by atoms with van der Waals surface area (Å²) < 4.78 is 5.28. The number of fused-ring (bicyclic) bond motifs is 7. The quantitative estimate of drug-likeness (QED) is 0.164. The van der Waals surface area contributed by atoms with E-state index >= 15 is 0 Å². The zero-order valence-electron chi connectivity index (χ0n) is 30.5. The number of hydrogen-bond donors (Lipinski definition) is 0. The van der Waals surface area contributed by atoms with Crippen molar-refractivity contribution in [2.24, 2.45) is 0 Å². The van der Waals surface area contributed by atoms with Crippen LogP contribution in [0.5, 0.6) is 0 Å². The fourth-order valence-corrected chi connectivity index (χ4v) is 11.7. The Hall–Kier alpha value is -5.74. The molecule has 2 aromatic heterocycles. The number of benzene rings is 8. The average Bonchev–Trinajstić information content (AvgIpc) is 3.83. The Morgan fingerprint density at radius 3 is 1.89 bits per heavy atom. The predicted molar refractivity (Wildman–Crippen MR) is 241 cm³/mol. The number of hydrogen-bond acceptors (Lipinski definition) is 3. The third kappa shape index (κ3) is 5.48. The molecule has 1 nitrogen and oxygen atoms in total. The lowest BCUT2D eigenvalue weighted by Gasteiger charge is -2.29. The number of thiophene rings is 2. The van der Waals surface area contributed by atoms with Gasteiger partial charge >= 0.3 is 0 Å². The molecule has 0 spiro atoms. The molecule has 0 atom stereocenters. The van der Waals surface area contributed by atoms with Crippen molar-refractivity contribution in [2.75, 3.05) is 4.90 Å². The fraction of sp³-hybridized carbons (Fsp3) is 0.115. The molecule has 3 heteroatoms. The first-order valence-corrected chi connectivity index (χ1v) is 21.3. The molecule has 2 heterocycles. The predicted octanol–water partition coefficient (Wildman–Crippen LogP) is 16.4. The van der Waals surface area contributed by atoms with Crippen LogP contribution < -0.4 is 4.90 Å². The van der Waals surface area contributed by atoms with Crippen molar-refractivity contribution in [3.05, 3.63) is 175 Å². The van der Waals surface area contributed by atoms with Crippen LogP contribution in [0, 0.1) is 0 Å². The Labute approximate surface area is 329 Å². The van der Waals surface area contributed by atoms with Gasteiger partial charge in [0.05, 0.1) is 16.1 Å². The van der Waals surface area contributed by atoms with Crippen molar-refractivity contribution in [3.63, 3.8) is 0 Å². The highest BCUT2D eigenvalue weighted by Crippen LogP contribution is 2.49. The molecule has 1 saturated carbocycles. The minimum absolute atomic E-state index is 0.603. The van der Waals surface area contributed by atoms with Gasteiger partial charge in [0, 0.05) is 46.9 Å². The first-order chi connectivity index (χ1) is 27.3. The molecule has 0 bridgehead atoms. The molecule has 0 radical (unpaired) electrons. The lowest BCUT2D eigenvalue weighted by atomic mass is 9.80. The van der Waals surface area contributed by atoms with E-state index in [9.17, 15) is 0 Å².